The minimum Gasteiger partial charge on any atom is -0.340 e. The predicted molar refractivity (Wildman–Crippen MR) is 72.1 cm³/mol. The lowest BCUT2D eigenvalue weighted by Crippen LogP contribution is -2.40. The molecule has 3 nitrogen and oxygen atoms in total. The lowest BCUT2D eigenvalue weighted by molar-refractivity contribution is -0.121. The number of carbonyl (C=O) groups is 1. The van der Waals surface area contributed by atoms with Gasteiger partial charge in [0.05, 0.1) is 12.5 Å². The van der Waals surface area contributed by atoms with Crippen molar-refractivity contribution in [3.8, 4) is 6.07 Å². The Morgan fingerprint density at radius 2 is 2.28 bits per heavy atom. The molecule has 96 valence electrons. The van der Waals surface area contributed by atoms with Gasteiger partial charge < -0.3 is 5.32 Å². The summed E-state index contributed by atoms with van der Waals surface area (Å²) >= 11 is 1.58. The summed E-state index contributed by atoms with van der Waals surface area (Å²) in [5.41, 5.74) is 0. The van der Waals surface area contributed by atoms with Crippen molar-refractivity contribution in [3.05, 3.63) is 22.4 Å². The summed E-state index contributed by atoms with van der Waals surface area (Å²) in [5.74, 6) is 0.311. The fourth-order valence-electron chi connectivity index (χ4n) is 2.52. The van der Waals surface area contributed by atoms with E-state index >= 15 is 0 Å². The summed E-state index contributed by atoms with van der Waals surface area (Å²) in [6.07, 6.45) is 6.16. The third-order valence-corrected chi connectivity index (χ3v) is 4.37. The van der Waals surface area contributed by atoms with Gasteiger partial charge in [-0.15, -0.1) is 11.3 Å². The monoisotopic (exact) mass is 262 g/mol. The summed E-state index contributed by atoms with van der Waals surface area (Å²) in [5, 5.41) is 14.0. The lowest BCUT2D eigenvalue weighted by Gasteiger charge is -2.26. The molecule has 0 spiro atoms. The molecule has 0 aromatic carbocycles. The van der Waals surface area contributed by atoms with E-state index in [4.69, 9.17) is 0 Å². The number of hydrogen-bond donors (Lipinski definition) is 1. The van der Waals surface area contributed by atoms with Crippen LogP contribution in [-0.4, -0.2) is 11.9 Å². The molecule has 18 heavy (non-hydrogen) atoms. The number of thiophene rings is 1. The van der Waals surface area contributed by atoms with Crippen LogP contribution in [0.3, 0.4) is 0 Å². The number of nitrogens with one attached hydrogen (secondary N) is 1. The van der Waals surface area contributed by atoms with Crippen molar-refractivity contribution >= 4 is 17.2 Å². The van der Waals surface area contributed by atoms with Gasteiger partial charge >= 0.3 is 0 Å². The summed E-state index contributed by atoms with van der Waals surface area (Å²) in [7, 11) is 0. The van der Waals surface area contributed by atoms with Crippen LogP contribution in [0.25, 0.3) is 0 Å². The molecule has 0 bridgehead atoms. The van der Waals surface area contributed by atoms with Crippen molar-refractivity contribution < 1.29 is 4.79 Å². The number of carbonyl (C=O) groups excluding carboxylic acids is 1. The van der Waals surface area contributed by atoms with Gasteiger partial charge in [0.1, 0.15) is 6.04 Å². The molecular formula is C14H18N2OS. The van der Waals surface area contributed by atoms with Gasteiger partial charge in [-0.1, -0.05) is 25.3 Å². The zero-order valence-corrected chi connectivity index (χ0v) is 11.2. The van der Waals surface area contributed by atoms with Gasteiger partial charge in [-0.25, -0.2) is 0 Å². The third kappa shape index (κ3) is 3.58. The first-order valence-corrected chi connectivity index (χ1v) is 7.39. The van der Waals surface area contributed by atoms with Crippen molar-refractivity contribution in [3.63, 3.8) is 0 Å². The van der Waals surface area contributed by atoms with E-state index in [-0.39, 0.29) is 11.9 Å². The van der Waals surface area contributed by atoms with Crippen LogP contribution in [0, 0.1) is 17.2 Å². The van der Waals surface area contributed by atoms with Crippen LogP contribution in [0.1, 0.15) is 37.0 Å². The van der Waals surface area contributed by atoms with Crippen LogP contribution in [0.15, 0.2) is 17.5 Å². The van der Waals surface area contributed by atoms with Gasteiger partial charge in [0, 0.05) is 4.88 Å². The molecule has 1 aliphatic carbocycles. The van der Waals surface area contributed by atoms with E-state index in [9.17, 15) is 10.1 Å². The summed E-state index contributed by atoms with van der Waals surface area (Å²) in [4.78, 5) is 12.9. The van der Waals surface area contributed by atoms with Gasteiger partial charge in [0.25, 0.3) is 0 Å². The standard InChI is InChI=1S/C14H18N2OS/c15-10-13(11-5-2-1-3-6-11)16-14(17)9-12-7-4-8-18-12/h4,7-8,11,13H,1-3,5-6,9H2,(H,16,17). The molecule has 1 unspecified atom stereocenters. The second kappa shape index (κ2) is 6.55. The maximum absolute atomic E-state index is 11.9. The summed E-state index contributed by atoms with van der Waals surface area (Å²) in [6, 6.07) is 5.84. The number of hydrogen-bond acceptors (Lipinski definition) is 3. The molecule has 2 rings (SSSR count). The molecule has 1 fully saturated rings. The summed E-state index contributed by atoms with van der Waals surface area (Å²) in [6.45, 7) is 0. The van der Waals surface area contributed by atoms with E-state index in [1.54, 1.807) is 11.3 Å². The van der Waals surface area contributed by atoms with E-state index < -0.39 is 0 Å². The Hall–Kier alpha value is -1.34. The Morgan fingerprint density at radius 1 is 1.50 bits per heavy atom. The van der Waals surface area contributed by atoms with Gasteiger partial charge in [-0.05, 0) is 30.2 Å². The Labute approximate surface area is 112 Å². The molecule has 0 aliphatic heterocycles. The molecule has 1 aromatic heterocycles. The van der Waals surface area contributed by atoms with E-state index in [0.717, 1.165) is 17.7 Å². The Balaban J connectivity index is 1.86. The van der Waals surface area contributed by atoms with Gasteiger partial charge in [0.2, 0.25) is 5.91 Å². The van der Waals surface area contributed by atoms with Crippen LogP contribution in [0.4, 0.5) is 0 Å². The highest BCUT2D eigenvalue weighted by molar-refractivity contribution is 7.10. The topological polar surface area (TPSA) is 52.9 Å². The van der Waals surface area contributed by atoms with Crippen molar-refractivity contribution in [2.24, 2.45) is 5.92 Å². The number of nitriles is 1. The molecule has 1 atom stereocenters. The van der Waals surface area contributed by atoms with Crippen LogP contribution in [0.5, 0.6) is 0 Å². The first kappa shape index (κ1) is 13.1. The van der Waals surface area contributed by atoms with Crippen molar-refractivity contribution in [2.75, 3.05) is 0 Å². The molecular weight excluding hydrogens is 244 g/mol. The van der Waals surface area contributed by atoms with Crippen molar-refractivity contribution in [2.45, 2.75) is 44.6 Å². The molecule has 1 heterocycles. The fourth-order valence-corrected chi connectivity index (χ4v) is 3.22. The maximum Gasteiger partial charge on any atom is 0.226 e. The SMILES string of the molecule is N#CC(NC(=O)Cc1cccs1)C1CCCCC1. The highest BCUT2D eigenvalue weighted by atomic mass is 32.1. The van der Waals surface area contributed by atoms with Crippen LogP contribution < -0.4 is 5.32 Å². The molecule has 1 aromatic rings. The molecule has 1 saturated carbocycles. The van der Waals surface area contributed by atoms with Crippen LogP contribution in [-0.2, 0) is 11.2 Å². The first-order valence-electron chi connectivity index (χ1n) is 6.51. The molecule has 1 N–H and O–H groups in total. The van der Waals surface area contributed by atoms with Crippen molar-refractivity contribution in [1.82, 2.24) is 5.32 Å². The highest BCUT2D eigenvalue weighted by Gasteiger charge is 2.24. The number of nitrogens with zero attached hydrogens (tertiary/aromatic N) is 1. The minimum absolute atomic E-state index is 0.0328. The van der Waals surface area contributed by atoms with Crippen molar-refractivity contribution in [1.29, 1.82) is 5.26 Å². The average molecular weight is 262 g/mol. The van der Waals surface area contributed by atoms with Gasteiger partial charge in [-0.2, -0.15) is 5.26 Å². The molecule has 0 saturated heterocycles. The van der Waals surface area contributed by atoms with E-state index in [1.807, 2.05) is 17.5 Å². The normalized spacial score (nSPS) is 17.9. The molecule has 1 aliphatic rings. The third-order valence-electron chi connectivity index (χ3n) is 3.49. The Bertz CT molecular complexity index is 416. The molecule has 1 amide bonds. The summed E-state index contributed by atoms with van der Waals surface area (Å²) < 4.78 is 0. The molecule has 0 radical (unpaired) electrons. The number of rotatable bonds is 4. The fraction of sp³-hybridized carbons (Fsp3) is 0.571. The van der Waals surface area contributed by atoms with Gasteiger partial charge in [0.15, 0.2) is 0 Å². The lowest BCUT2D eigenvalue weighted by atomic mass is 9.84. The minimum atomic E-state index is -0.308. The van der Waals surface area contributed by atoms with E-state index in [0.29, 0.717) is 12.3 Å². The van der Waals surface area contributed by atoms with E-state index in [1.165, 1.54) is 19.3 Å². The first-order chi connectivity index (χ1) is 8.79. The second-order valence-electron chi connectivity index (χ2n) is 4.83. The maximum atomic E-state index is 11.9. The predicted octanol–water partition coefficient (Wildman–Crippen LogP) is 2.88. The molecule has 4 heteroatoms. The van der Waals surface area contributed by atoms with Gasteiger partial charge in [-0.3, -0.25) is 4.79 Å². The smallest absolute Gasteiger partial charge is 0.226 e. The van der Waals surface area contributed by atoms with E-state index in [2.05, 4.69) is 11.4 Å². The van der Waals surface area contributed by atoms with Crippen LogP contribution >= 0.6 is 11.3 Å². The highest BCUT2D eigenvalue weighted by Crippen LogP contribution is 2.26. The quantitative estimate of drug-likeness (QED) is 0.907. The van der Waals surface area contributed by atoms with Crippen LogP contribution in [0.2, 0.25) is 0 Å². The second-order valence-corrected chi connectivity index (χ2v) is 5.86. The Morgan fingerprint density at radius 3 is 2.89 bits per heavy atom. The Kier molecular flexibility index (Phi) is 4.77. The average Bonchev–Trinajstić information content (AvgIpc) is 2.90. The largest absolute Gasteiger partial charge is 0.340 e. The number of amides is 1. The zero-order chi connectivity index (χ0) is 12.8. The zero-order valence-electron chi connectivity index (χ0n) is 10.4.